The lowest BCUT2D eigenvalue weighted by Gasteiger charge is -2.18. The number of anilines is 1. The van der Waals surface area contributed by atoms with Gasteiger partial charge in [0.2, 0.25) is 5.95 Å². The second-order valence-corrected chi connectivity index (χ2v) is 8.81. The van der Waals surface area contributed by atoms with Gasteiger partial charge in [-0.3, -0.25) is 4.98 Å². The van der Waals surface area contributed by atoms with Gasteiger partial charge in [-0.1, -0.05) is 50.3 Å². The zero-order valence-corrected chi connectivity index (χ0v) is 18.6. The van der Waals surface area contributed by atoms with Gasteiger partial charge in [-0.15, -0.1) is 5.10 Å². The molecule has 3 aromatic heterocycles. The molecule has 7 heteroatoms. The van der Waals surface area contributed by atoms with E-state index in [2.05, 4.69) is 67.0 Å². The SMILES string of the molecule is Cc1cccc(-c2cc(-c3cn(Cc4cccc(C(C)(C)C)n4)nn3)nc(N)n2)c1C. The van der Waals surface area contributed by atoms with E-state index in [1.807, 2.05) is 36.5 Å². The monoisotopic (exact) mass is 413 g/mol. The number of nitrogens with two attached hydrogens (primary N) is 1. The molecule has 0 atom stereocenters. The fraction of sp³-hybridized carbons (Fsp3) is 0.292. The summed E-state index contributed by atoms with van der Waals surface area (Å²) in [7, 11) is 0. The van der Waals surface area contributed by atoms with Crippen molar-refractivity contribution in [2.45, 2.75) is 46.6 Å². The smallest absolute Gasteiger partial charge is 0.221 e. The number of nitrogens with zero attached hydrogens (tertiary/aromatic N) is 6. The molecule has 0 spiro atoms. The first-order chi connectivity index (χ1) is 14.7. The lowest BCUT2D eigenvalue weighted by molar-refractivity contribution is 0.559. The fourth-order valence-electron chi connectivity index (χ4n) is 3.41. The number of pyridine rings is 1. The van der Waals surface area contributed by atoms with Crippen molar-refractivity contribution in [1.82, 2.24) is 29.9 Å². The van der Waals surface area contributed by atoms with Crippen LogP contribution in [0.2, 0.25) is 0 Å². The first-order valence-corrected chi connectivity index (χ1v) is 10.3. The Morgan fingerprint density at radius 1 is 0.903 bits per heavy atom. The van der Waals surface area contributed by atoms with E-state index in [9.17, 15) is 0 Å². The van der Waals surface area contributed by atoms with Gasteiger partial charge in [-0.05, 0) is 43.2 Å². The Kier molecular flexibility index (Phi) is 5.27. The van der Waals surface area contributed by atoms with Crippen molar-refractivity contribution in [2.24, 2.45) is 0 Å². The Hall–Kier alpha value is -3.61. The lowest BCUT2D eigenvalue weighted by Crippen LogP contribution is -2.15. The highest BCUT2D eigenvalue weighted by atomic mass is 15.4. The second kappa shape index (κ2) is 7.91. The molecule has 0 radical (unpaired) electrons. The number of aryl methyl sites for hydroxylation is 1. The standard InChI is InChI=1S/C24H27N7/c1-15-8-6-10-18(16(15)2)19-12-20(28-23(25)27-19)21-14-31(30-29-21)13-17-9-7-11-22(26-17)24(3,4)5/h6-12,14H,13H2,1-5H3,(H2,25,27,28). The molecule has 31 heavy (non-hydrogen) atoms. The summed E-state index contributed by atoms with van der Waals surface area (Å²) in [6, 6.07) is 14.1. The van der Waals surface area contributed by atoms with E-state index in [0.717, 1.165) is 22.6 Å². The second-order valence-electron chi connectivity index (χ2n) is 8.81. The van der Waals surface area contributed by atoms with Crippen molar-refractivity contribution >= 4 is 5.95 Å². The quantitative estimate of drug-likeness (QED) is 0.535. The first-order valence-electron chi connectivity index (χ1n) is 10.3. The molecule has 1 aromatic carbocycles. The minimum absolute atomic E-state index is 0.00759. The Balaban J connectivity index is 1.64. The van der Waals surface area contributed by atoms with E-state index in [0.29, 0.717) is 17.9 Å². The molecule has 3 heterocycles. The van der Waals surface area contributed by atoms with Crippen LogP contribution < -0.4 is 5.73 Å². The van der Waals surface area contributed by atoms with Gasteiger partial charge in [0.25, 0.3) is 0 Å². The molecule has 0 fully saturated rings. The van der Waals surface area contributed by atoms with Crippen LogP contribution in [0.4, 0.5) is 5.95 Å². The third-order valence-electron chi connectivity index (χ3n) is 5.32. The predicted octanol–water partition coefficient (Wildman–Crippen LogP) is 4.34. The van der Waals surface area contributed by atoms with E-state index in [-0.39, 0.29) is 11.4 Å². The van der Waals surface area contributed by atoms with Gasteiger partial charge in [-0.2, -0.15) is 0 Å². The minimum Gasteiger partial charge on any atom is -0.368 e. The Labute approximate surface area is 182 Å². The highest BCUT2D eigenvalue weighted by Gasteiger charge is 2.16. The summed E-state index contributed by atoms with van der Waals surface area (Å²) in [5.41, 5.74) is 13.5. The molecule has 4 aromatic rings. The molecule has 0 unspecified atom stereocenters. The zero-order chi connectivity index (χ0) is 22.2. The number of aromatic nitrogens is 6. The molecule has 2 N–H and O–H groups in total. The molecule has 4 rings (SSSR count). The van der Waals surface area contributed by atoms with Crippen molar-refractivity contribution in [1.29, 1.82) is 0 Å². The van der Waals surface area contributed by atoms with E-state index in [1.165, 1.54) is 11.1 Å². The Bertz CT molecular complexity index is 1230. The highest BCUT2D eigenvalue weighted by molar-refractivity contribution is 5.70. The van der Waals surface area contributed by atoms with Crippen LogP contribution in [0.1, 0.15) is 43.3 Å². The van der Waals surface area contributed by atoms with Crippen LogP contribution in [0.3, 0.4) is 0 Å². The fourth-order valence-corrected chi connectivity index (χ4v) is 3.41. The van der Waals surface area contributed by atoms with E-state index in [4.69, 9.17) is 10.7 Å². The normalized spacial score (nSPS) is 11.6. The van der Waals surface area contributed by atoms with Crippen LogP contribution in [0.25, 0.3) is 22.6 Å². The van der Waals surface area contributed by atoms with Gasteiger partial charge in [0, 0.05) is 16.7 Å². The molecular formula is C24H27N7. The highest BCUT2D eigenvalue weighted by Crippen LogP contribution is 2.27. The molecule has 0 amide bonds. The summed E-state index contributed by atoms with van der Waals surface area (Å²) in [5, 5.41) is 8.58. The largest absolute Gasteiger partial charge is 0.368 e. The summed E-state index contributed by atoms with van der Waals surface area (Å²) in [6.45, 7) is 11.1. The third-order valence-corrected chi connectivity index (χ3v) is 5.32. The molecule has 0 saturated heterocycles. The molecule has 0 bridgehead atoms. The van der Waals surface area contributed by atoms with E-state index < -0.39 is 0 Å². The average molecular weight is 414 g/mol. The van der Waals surface area contributed by atoms with Crippen LogP contribution in [0, 0.1) is 13.8 Å². The predicted molar refractivity (Wildman–Crippen MR) is 122 cm³/mol. The van der Waals surface area contributed by atoms with Gasteiger partial charge in [0.1, 0.15) is 5.69 Å². The molecule has 0 aliphatic rings. The van der Waals surface area contributed by atoms with Crippen LogP contribution in [0.15, 0.2) is 48.7 Å². The van der Waals surface area contributed by atoms with Crippen molar-refractivity contribution < 1.29 is 0 Å². The van der Waals surface area contributed by atoms with E-state index in [1.54, 1.807) is 4.68 Å². The van der Waals surface area contributed by atoms with Gasteiger partial charge < -0.3 is 5.73 Å². The summed E-state index contributed by atoms with van der Waals surface area (Å²) in [6.07, 6.45) is 1.86. The zero-order valence-electron chi connectivity index (χ0n) is 18.6. The first kappa shape index (κ1) is 20.7. The maximum atomic E-state index is 6.02. The number of benzene rings is 1. The third kappa shape index (κ3) is 4.45. The molecule has 158 valence electrons. The number of hydrogen-bond donors (Lipinski definition) is 1. The summed E-state index contributed by atoms with van der Waals surface area (Å²) < 4.78 is 1.76. The topological polar surface area (TPSA) is 95.4 Å². The maximum Gasteiger partial charge on any atom is 0.221 e. The summed E-state index contributed by atoms with van der Waals surface area (Å²) in [4.78, 5) is 13.6. The maximum absolute atomic E-state index is 6.02. The van der Waals surface area contributed by atoms with Crippen molar-refractivity contribution in [3.63, 3.8) is 0 Å². The van der Waals surface area contributed by atoms with Crippen LogP contribution >= 0.6 is 0 Å². The van der Waals surface area contributed by atoms with Gasteiger partial charge in [-0.25, -0.2) is 14.6 Å². The average Bonchev–Trinajstić information content (AvgIpc) is 3.18. The van der Waals surface area contributed by atoms with Crippen molar-refractivity contribution in [3.05, 3.63) is 71.2 Å². The summed E-state index contributed by atoms with van der Waals surface area (Å²) >= 11 is 0. The Morgan fingerprint density at radius 2 is 1.65 bits per heavy atom. The molecule has 7 nitrogen and oxygen atoms in total. The molecule has 0 aliphatic carbocycles. The Morgan fingerprint density at radius 3 is 2.42 bits per heavy atom. The minimum atomic E-state index is -0.00759. The molecular weight excluding hydrogens is 386 g/mol. The van der Waals surface area contributed by atoms with E-state index >= 15 is 0 Å². The number of hydrogen-bond acceptors (Lipinski definition) is 6. The van der Waals surface area contributed by atoms with Gasteiger partial charge >= 0.3 is 0 Å². The number of rotatable bonds is 4. The molecule has 0 aliphatic heterocycles. The van der Waals surface area contributed by atoms with Crippen LogP contribution in [0.5, 0.6) is 0 Å². The van der Waals surface area contributed by atoms with Gasteiger partial charge in [0.05, 0.1) is 29.8 Å². The lowest BCUT2D eigenvalue weighted by atomic mass is 9.91. The van der Waals surface area contributed by atoms with Crippen molar-refractivity contribution in [2.75, 3.05) is 5.73 Å². The molecule has 0 saturated carbocycles. The number of nitrogen functional groups attached to an aromatic ring is 1. The van der Waals surface area contributed by atoms with Crippen molar-refractivity contribution in [3.8, 4) is 22.6 Å². The van der Waals surface area contributed by atoms with Crippen LogP contribution in [-0.4, -0.2) is 29.9 Å². The summed E-state index contributed by atoms with van der Waals surface area (Å²) in [5.74, 6) is 0.211. The van der Waals surface area contributed by atoms with Crippen LogP contribution in [-0.2, 0) is 12.0 Å². The van der Waals surface area contributed by atoms with Gasteiger partial charge in [0.15, 0.2) is 0 Å².